The maximum atomic E-state index is 12.1. The third-order valence-corrected chi connectivity index (χ3v) is 5.52. The number of carbonyl (C=O) groups is 2. The molecule has 0 N–H and O–H groups in total. The van der Waals surface area contributed by atoms with E-state index in [0.717, 1.165) is 0 Å². The van der Waals surface area contributed by atoms with Gasteiger partial charge in [0.25, 0.3) is 7.44 Å². The van der Waals surface area contributed by atoms with Crippen molar-refractivity contribution in [2.24, 2.45) is 0 Å². The van der Waals surface area contributed by atoms with E-state index in [4.69, 9.17) is 0 Å². The van der Waals surface area contributed by atoms with Crippen molar-refractivity contribution in [3.8, 4) is 0 Å². The van der Waals surface area contributed by atoms with Crippen LogP contribution in [0.3, 0.4) is 0 Å². The molecule has 2 amide bonds. The molecule has 0 spiro atoms. The maximum Gasteiger partial charge on any atom is 0.266 e. The molecular formula is C7H13N2O3P. The minimum Gasteiger partial charge on any atom is -0.279 e. The van der Waals surface area contributed by atoms with Crippen LogP contribution in [-0.4, -0.2) is 41.4 Å². The topological polar surface area (TPSA) is 57.7 Å². The summed E-state index contributed by atoms with van der Waals surface area (Å²) in [5.41, 5.74) is 0. The first kappa shape index (κ1) is 10.3. The summed E-state index contributed by atoms with van der Waals surface area (Å²) in [6.45, 7) is 1.71. The molecule has 0 aliphatic carbocycles. The van der Waals surface area contributed by atoms with Crippen LogP contribution in [0.1, 0.15) is 13.3 Å². The van der Waals surface area contributed by atoms with Gasteiger partial charge in [-0.15, -0.1) is 0 Å². The molecule has 0 aromatic rings. The van der Waals surface area contributed by atoms with E-state index in [1.807, 2.05) is 0 Å². The van der Waals surface area contributed by atoms with Crippen LogP contribution in [0.5, 0.6) is 0 Å². The zero-order chi connectivity index (χ0) is 10.2. The molecule has 74 valence electrons. The molecule has 6 heteroatoms. The molecule has 5 nitrogen and oxygen atoms in total. The predicted molar refractivity (Wildman–Crippen MR) is 48.3 cm³/mol. The fourth-order valence-electron chi connectivity index (χ4n) is 1.33. The number of rotatable bonds is 1. The number of hydrogen-bond acceptors (Lipinski definition) is 3. The number of amides is 2. The van der Waals surface area contributed by atoms with Crippen molar-refractivity contribution < 1.29 is 14.2 Å². The zero-order valence-electron chi connectivity index (χ0n) is 7.98. The third kappa shape index (κ3) is 1.37. The highest BCUT2D eigenvalue weighted by molar-refractivity contribution is 7.60. The van der Waals surface area contributed by atoms with E-state index in [-0.39, 0.29) is 18.2 Å². The average molecular weight is 204 g/mol. The van der Waals surface area contributed by atoms with Gasteiger partial charge in [-0.3, -0.25) is 23.5 Å². The van der Waals surface area contributed by atoms with Crippen LogP contribution >= 0.6 is 7.44 Å². The first-order valence-electron chi connectivity index (χ1n) is 4.06. The van der Waals surface area contributed by atoms with Crippen LogP contribution in [0.2, 0.25) is 0 Å². The largest absolute Gasteiger partial charge is 0.279 e. The summed E-state index contributed by atoms with van der Waals surface area (Å²) in [5.74, 6) is -0.707. The van der Waals surface area contributed by atoms with Gasteiger partial charge in [0.05, 0.1) is 0 Å². The van der Waals surface area contributed by atoms with Crippen molar-refractivity contribution in [2.75, 3.05) is 20.3 Å². The lowest BCUT2D eigenvalue weighted by molar-refractivity contribution is -0.137. The van der Waals surface area contributed by atoms with E-state index < -0.39 is 7.44 Å². The monoisotopic (exact) mass is 204 g/mol. The number of hydrogen-bond donors (Lipinski definition) is 0. The van der Waals surface area contributed by atoms with E-state index in [1.165, 1.54) is 23.4 Å². The summed E-state index contributed by atoms with van der Waals surface area (Å²) in [4.78, 5) is 22.5. The van der Waals surface area contributed by atoms with Crippen molar-refractivity contribution in [3.05, 3.63) is 0 Å². The van der Waals surface area contributed by atoms with Gasteiger partial charge in [0.1, 0.15) is 6.42 Å². The molecule has 1 fully saturated rings. The molecule has 1 rings (SSSR count). The molecular weight excluding hydrogens is 191 g/mol. The molecule has 0 saturated carbocycles. The Morgan fingerprint density at radius 1 is 1.23 bits per heavy atom. The van der Waals surface area contributed by atoms with Gasteiger partial charge in [-0.2, -0.15) is 0 Å². The van der Waals surface area contributed by atoms with E-state index in [9.17, 15) is 14.2 Å². The second kappa shape index (κ2) is 3.14. The lowest BCUT2D eigenvalue weighted by Gasteiger charge is -2.38. The second-order valence-corrected chi connectivity index (χ2v) is 6.15. The molecule has 0 bridgehead atoms. The van der Waals surface area contributed by atoms with Crippen molar-refractivity contribution in [1.82, 2.24) is 9.34 Å². The van der Waals surface area contributed by atoms with Crippen molar-refractivity contribution >= 4 is 19.3 Å². The Bertz CT molecular complexity index is 278. The van der Waals surface area contributed by atoms with Gasteiger partial charge in [0, 0.05) is 20.3 Å². The smallest absolute Gasteiger partial charge is 0.266 e. The van der Waals surface area contributed by atoms with Crippen LogP contribution in [0.25, 0.3) is 0 Å². The minimum atomic E-state index is -2.92. The Morgan fingerprint density at radius 3 is 1.92 bits per heavy atom. The Balaban J connectivity index is 3.09. The van der Waals surface area contributed by atoms with Gasteiger partial charge in [-0.05, 0) is 0 Å². The summed E-state index contributed by atoms with van der Waals surface area (Å²) in [7, 11) is 0.0423. The van der Waals surface area contributed by atoms with Gasteiger partial charge < -0.3 is 0 Å². The zero-order valence-corrected chi connectivity index (χ0v) is 8.88. The molecule has 0 atom stereocenters. The Kier molecular flexibility index (Phi) is 2.48. The van der Waals surface area contributed by atoms with E-state index in [2.05, 4.69) is 0 Å². The van der Waals surface area contributed by atoms with Gasteiger partial charge in [0.2, 0.25) is 11.8 Å². The van der Waals surface area contributed by atoms with Gasteiger partial charge >= 0.3 is 0 Å². The molecule has 1 saturated heterocycles. The summed E-state index contributed by atoms with van der Waals surface area (Å²) in [5, 5.41) is 0. The van der Waals surface area contributed by atoms with E-state index >= 15 is 0 Å². The third-order valence-electron chi connectivity index (χ3n) is 2.37. The number of nitrogens with zero attached hydrogens (tertiary/aromatic N) is 2. The van der Waals surface area contributed by atoms with Crippen molar-refractivity contribution in [3.63, 3.8) is 0 Å². The fourth-order valence-corrected chi connectivity index (χ4v) is 3.42. The summed E-state index contributed by atoms with van der Waals surface area (Å²) in [6.07, 6.45) is 0.133. The Labute approximate surface area is 77.2 Å². The van der Waals surface area contributed by atoms with Gasteiger partial charge in [-0.25, -0.2) is 0 Å². The van der Waals surface area contributed by atoms with E-state index in [1.54, 1.807) is 6.92 Å². The molecule has 0 aromatic carbocycles. The highest BCUT2D eigenvalue weighted by Gasteiger charge is 2.42. The van der Waals surface area contributed by atoms with Crippen LogP contribution in [0, 0.1) is 0 Å². The Hall–Kier alpha value is -0.830. The highest BCUT2D eigenvalue weighted by atomic mass is 31.2. The lowest BCUT2D eigenvalue weighted by Crippen LogP contribution is -2.43. The van der Waals surface area contributed by atoms with E-state index in [0.29, 0.717) is 6.16 Å². The van der Waals surface area contributed by atoms with Crippen molar-refractivity contribution in [1.29, 1.82) is 0 Å². The second-order valence-electron chi connectivity index (χ2n) is 2.99. The molecule has 1 aliphatic rings. The minimum absolute atomic E-state index is 0.170. The van der Waals surface area contributed by atoms with Crippen LogP contribution < -0.4 is 0 Å². The molecule has 1 heterocycles. The molecule has 13 heavy (non-hydrogen) atoms. The van der Waals surface area contributed by atoms with Crippen LogP contribution in [0.4, 0.5) is 0 Å². The highest BCUT2D eigenvalue weighted by Crippen LogP contribution is 2.53. The summed E-state index contributed by atoms with van der Waals surface area (Å²) in [6, 6.07) is 0. The molecule has 1 aliphatic heterocycles. The number of carbonyl (C=O) groups excluding carboxylic acids is 2. The molecule has 0 radical (unpaired) electrons. The summed E-state index contributed by atoms with van der Waals surface area (Å²) < 4.78 is 14.5. The summed E-state index contributed by atoms with van der Waals surface area (Å²) >= 11 is 0. The quantitative estimate of drug-likeness (QED) is 0.462. The first-order chi connectivity index (χ1) is 5.93. The fraction of sp³-hybridized carbons (Fsp3) is 0.714. The molecule has 0 unspecified atom stereocenters. The Morgan fingerprint density at radius 2 is 1.62 bits per heavy atom. The predicted octanol–water partition coefficient (Wildman–Crippen LogP) is 0.520. The van der Waals surface area contributed by atoms with Gasteiger partial charge in [0.15, 0.2) is 0 Å². The van der Waals surface area contributed by atoms with Crippen LogP contribution in [0.15, 0.2) is 0 Å². The lowest BCUT2D eigenvalue weighted by atomic mass is 10.4. The average Bonchev–Trinajstić information content (AvgIpc) is 2.12. The van der Waals surface area contributed by atoms with Crippen molar-refractivity contribution in [2.45, 2.75) is 13.3 Å². The molecule has 0 aromatic heterocycles. The first-order valence-corrected chi connectivity index (χ1v) is 5.86. The normalized spacial score (nSPS) is 22.4. The standard InChI is InChI=1S/C7H13N2O3P/c1-4-13(12)8(2)6(10)5-7(11)9(13)3/h4-5H2,1-3H3. The maximum absolute atomic E-state index is 12.1. The SMILES string of the molecule is CCP1(=O)N(C)C(=O)CC(=O)N1C. The van der Waals surface area contributed by atoms with Crippen LogP contribution in [-0.2, 0) is 14.2 Å². The van der Waals surface area contributed by atoms with Gasteiger partial charge in [-0.1, -0.05) is 6.92 Å².